The molecule has 2 aromatic rings. The summed E-state index contributed by atoms with van der Waals surface area (Å²) in [6.45, 7) is 0.737. The van der Waals surface area contributed by atoms with Crippen molar-refractivity contribution in [2.24, 2.45) is 0 Å². The van der Waals surface area contributed by atoms with Crippen molar-refractivity contribution >= 4 is 27.8 Å². The third kappa shape index (κ3) is 3.31. The largest absolute Gasteiger partial charge is 0.497 e. The number of hydrogen-bond acceptors (Lipinski definition) is 5. The van der Waals surface area contributed by atoms with E-state index >= 15 is 0 Å². The fourth-order valence-corrected chi connectivity index (χ4v) is 3.68. The van der Waals surface area contributed by atoms with Crippen LogP contribution in [-0.2, 0) is 14.9 Å². The molecule has 0 N–H and O–H groups in total. The van der Waals surface area contributed by atoms with Crippen molar-refractivity contribution in [1.82, 2.24) is 9.88 Å². The summed E-state index contributed by atoms with van der Waals surface area (Å²) in [5.74, 6) is 0.223. The molecule has 0 bridgehead atoms. The first-order valence-electron chi connectivity index (χ1n) is 8.14. The molecule has 1 atom stereocenters. The van der Waals surface area contributed by atoms with Gasteiger partial charge in [-0.05, 0) is 64.3 Å². The minimum atomic E-state index is -0.887. The molecule has 1 aromatic heterocycles. The van der Waals surface area contributed by atoms with Gasteiger partial charge in [0.1, 0.15) is 15.8 Å². The Morgan fingerprint density at radius 3 is 2.54 bits per heavy atom. The molecule has 0 aliphatic carbocycles. The van der Waals surface area contributed by atoms with Crippen LogP contribution in [0.5, 0.6) is 5.75 Å². The van der Waals surface area contributed by atoms with Crippen LogP contribution >= 0.6 is 15.9 Å². The predicted octanol–water partition coefficient (Wildman–Crippen LogP) is 2.81. The summed E-state index contributed by atoms with van der Waals surface area (Å²) >= 11 is 3.34. The summed E-state index contributed by atoms with van der Waals surface area (Å²) in [7, 11) is 2.95. The lowest BCUT2D eigenvalue weighted by atomic mass is 9.80. The summed E-state index contributed by atoms with van der Waals surface area (Å²) in [6, 6.07) is 10.5. The predicted molar refractivity (Wildman–Crippen MR) is 99.1 cm³/mol. The monoisotopic (exact) mass is 418 g/mol. The summed E-state index contributed by atoms with van der Waals surface area (Å²) < 4.78 is 10.8. The van der Waals surface area contributed by atoms with Crippen LogP contribution in [0.15, 0.2) is 47.2 Å². The number of methoxy groups -OCH3 is 2. The van der Waals surface area contributed by atoms with Gasteiger partial charge in [0.25, 0.3) is 5.91 Å². The molecule has 1 amide bonds. The Bertz CT molecular complexity index is 825. The zero-order valence-corrected chi connectivity index (χ0v) is 16.2. The normalized spacial score (nSPS) is 19.3. The lowest BCUT2D eigenvalue weighted by Gasteiger charge is -2.27. The maximum atomic E-state index is 12.9. The first kappa shape index (κ1) is 18.4. The highest BCUT2D eigenvalue weighted by molar-refractivity contribution is 9.10. The third-order valence-corrected chi connectivity index (χ3v) is 5.18. The van der Waals surface area contributed by atoms with E-state index < -0.39 is 5.41 Å². The summed E-state index contributed by atoms with van der Waals surface area (Å²) in [5.41, 5.74) is 0.459. The van der Waals surface area contributed by atoms with Gasteiger partial charge in [0, 0.05) is 24.8 Å². The Balaban J connectivity index is 1.89. The summed E-state index contributed by atoms with van der Waals surface area (Å²) in [4.78, 5) is 31.3. The molecule has 1 aliphatic heterocycles. The molecule has 3 rings (SSSR count). The number of carbonyl (C=O) groups is 2. The number of pyridine rings is 1. The van der Waals surface area contributed by atoms with Crippen molar-refractivity contribution in [2.75, 3.05) is 27.3 Å². The smallest absolute Gasteiger partial charge is 0.318 e. The number of halogens is 1. The zero-order chi connectivity index (χ0) is 18.7. The average molecular weight is 419 g/mol. The number of benzene rings is 1. The number of amides is 1. The first-order chi connectivity index (χ1) is 12.5. The van der Waals surface area contributed by atoms with Crippen molar-refractivity contribution in [1.29, 1.82) is 0 Å². The number of ether oxygens (including phenoxy) is 2. The highest BCUT2D eigenvalue weighted by Gasteiger charge is 2.48. The SMILES string of the molecule is COC(=O)C1(c2ccnc(Br)c2)CCN(C(=O)c2ccc(OC)cc2)C1. The van der Waals surface area contributed by atoms with Crippen LogP contribution in [0.1, 0.15) is 22.3 Å². The van der Waals surface area contributed by atoms with Gasteiger partial charge in [0.15, 0.2) is 0 Å². The van der Waals surface area contributed by atoms with Gasteiger partial charge in [0.05, 0.1) is 14.2 Å². The van der Waals surface area contributed by atoms with Crippen LogP contribution in [0.25, 0.3) is 0 Å². The van der Waals surface area contributed by atoms with Crippen LogP contribution in [0.4, 0.5) is 0 Å². The molecule has 1 aliphatic rings. The van der Waals surface area contributed by atoms with Crippen molar-refractivity contribution in [3.63, 3.8) is 0 Å². The lowest BCUT2D eigenvalue weighted by molar-refractivity contribution is -0.147. The van der Waals surface area contributed by atoms with E-state index in [1.807, 2.05) is 0 Å². The molecule has 0 spiro atoms. The topological polar surface area (TPSA) is 68.7 Å². The van der Waals surface area contributed by atoms with Gasteiger partial charge in [-0.2, -0.15) is 0 Å². The Morgan fingerprint density at radius 2 is 1.92 bits per heavy atom. The third-order valence-electron chi connectivity index (χ3n) is 4.75. The molecular weight excluding hydrogens is 400 g/mol. The molecule has 1 saturated heterocycles. The lowest BCUT2D eigenvalue weighted by Crippen LogP contribution is -2.41. The average Bonchev–Trinajstić information content (AvgIpc) is 3.13. The summed E-state index contributed by atoms with van der Waals surface area (Å²) in [5, 5.41) is 0. The Hall–Kier alpha value is -2.41. The van der Waals surface area contributed by atoms with Gasteiger partial charge < -0.3 is 14.4 Å². The second-order valence-electron chi connectivity index (χ2n) is 6.15. The van der Waals surface area contributed by atoms with E-state index in [9.17, 15) is 9.59 Å². The minimum absolute atomic E-state index is 0.119. The maximum absolute atomic E-state index is 12.9. The van der Waals surface area contributed by atoms with Gasteiger partial charge in [-0.3, -0.25) is 9.59 Å². The highest BCUT2D eigenvalue weighted by Crippen LogP contribution is 2.37. The number of likely N-dealkylation sites (tertiary alicyclic amines) is 1. The van der Waals surface area contributed by atoms with E-state index in [-0.39, 0.29) is 18.4 Å². The number of aromatic nitrogens is 1. The number of nitrogens with zero attached hydrogens (tertiary/aromatic N) is 2. The molecule has 0 radical (unpaired) electrons. The van der Waals surface area contributed by atoms with Crippen molar-refractivity contribution in [2.45, 2.75) is 11.8 Å². The second-order valence-corrected chi connectivity index (χ2v) is 6.96. The van der Waals surface area contributed by atoms with Gasteiger partial charge in [-0.15, -0.1) is 0 Å². The van der Waals surface area contributed by atoms with Crippen LogP contribution in [0.3, 0.4) is 0 Å². The molecule has 1 aromatic carbocycles. The maximum Gasteiger partial charge on any atom is 0.318 e. The zero-order valence-electron chi connectivity index (χ0n) is 14.6. The number of carbonyl (C=O) groups excluding carboxylic acids is 2. The van der Waals surface area contributed by atoms with Crippen LogP contribution in [0.2, 0.25) is 0 Å². The molecule has 6 nitrogen and oxygen atoms in total. The fourth-order valence-electron chi connectivity index (χ4n) is 3.31. The molecule has 26 heavy (non-hydrogen) atoms. The van der Waals surface area contributed by atoms with Crippen LogP contribution < -0.4 is 4.74 Å². The van der Waals surface area contributed by atoms with Crippen molar-refractivity contribution in [3.05, 3.63) is 58.3 Å². The molecular formula is C19H19BrN2O4. The molecule has 7 heteroatoms. The number of hydrogen-bond donors (Lipinski definition) is 0. The van der Waals surface area contributed by atoms with Crippen LogP contribution in [0, 0.1) is 0 Å². The number of rotatable bonds is 4. The van der Waals surface area contributed by atoms with E-state index in [2.05, 4.69) is 20.9 Å². The van der Waals surface area contributed by atoms with Gasteiger partial charge in [0.2, 0.25) is 0 Å². The van der Waals surface area contributed by atoms with E-state index in [4.69, 9.17) is 9.47 Å². The standard InChI is InChI=1S/C19H19BrN2O4/c1-25-15-5-3-13(4-6-15)17(23)22-10-8-19(12-22,18(24)26-2)14-7-9-21-16(20)11-14/h3-7,9,11H,8,10,12H2,1-2H3. The molecule has 0 saturated carbocycles. The Morgan fingerprint density at radius 1 is 1.19 bits per heavy atom. The quantitative estimate of drug-likeness (QED) is 0.563. The Kier molecular flexibility index (Phi) is 5.27. The fraction of sp³-hybridized carbons (Fsp3) is 0.316. The van der Waals surface area contributed by atoms with Gasteiger partial charge >= 0.3 is 5.97 Å². The van der Waals surface area contributed by atoms with Gasteiger partial charge in [-0.1, -0.05) is 0 Å². The molecule has 136 valence electrons. The second kappa shape index (κ2) is 7.45. The summed E-state index contributed by atoms with van der Waals surface area (Å²) in [6.07, 6.45) is 2.14. The first-order valence-corrected chi connectivity index (χ1v) is 8.93. The molecule has 1 unspecified atom stereocenters. The Labute approximate surface area is 160 Å². The van der Waals surface area contributed by atoms with Crippen molar-refractivity contribution in [3.8, 4) is 5.75 Å². The highest BCUT2D eigenvalue weighted by atomic mass is 79.9. The number of esters is 1. The van der Waals surface area contributed by atoms with E-state index in [1.165, 1.54) is 7.11 Å². The molecule has 2 heterocycles. The van der Waals surface area contributed by atoms with Gasteiger partial charge in [-0.25, -0.2) is 4.98 Å². The van der Waals surface area contributed by atoms with E-state index in [0.717, 1.165) is 5.56 Å². The minimum Gasteiger partial charge on any atom is -0.497 e. The van der Waals surface area contributed by atoms with E-state index in [1.54, 1.807) is 54.6 Å². The molecule has 1 fully saturated rings. The van der Waals surface area contributed by atoms with E-state index in [0.29, 0.717) is 28.9 Å². The van der Waals surface area contributed by atoms with Crippen molar-refractivity contribution < 1.29 is 19.1 Å². The van der Waals surface area contributed by atoms with Crippen LogP contribution in [-0.4, -0.2) is 49.1 Å².